The summed E-state index contributed by atoms with van der Waals surface area (Å²) in [5, 5.41) is 2.96. The van der Waals surface area contributed by atoms with Crippen molar-refractivity contribution in [3.8, 4) is 0 Å². The summed E-state index contributed by atoms with van der Waals surface area (Å²) in [6.45, 7) is 2.03. The van der Waals surface area contributed by atoms with Crippen molar-refractivity contribution in [2.45, 2.75) is 32.1 Å². The van der Waals surface area contributed by atoms with Crippen LogP contribution in [0.3, 0.4) is 0 Å². The van der Waals surface area contributed by atoms with Crippen molar-refractivity contribution in [2.75, 3.05) is 23.3 Å². The third kappa shape index (κ3) is 4.13. The maximum Gasteiger partial charge on any atom is 0.228 e. The lowest BCUT2D eigenvalue weighted by atomic mass is 10.1. The first-order valence-corrected chi connectivity index (χ1v) is 8.61. The molecule has 2 aromatic carbocycles. The van der Waals surface area contributed by atoms with Gasteiger partial charge in [-0.2, -0.15) is 0 Å². The van der Waals surface area contributed by atoms with E-state index in [4.69, 9.17) is 0 Å². The van der Waals surface area contributed by atoms with E-state index in [1.807, 2.05) is 24.3 Å². The number of hydrogen-bond acceptors (Lipinski definition) is 2. The van der Waals surface area contributed by atoms with E-state index in [0.717, 1.165) is 24.5 Å². The Morgan fingerprint density at radius 3 is 2.38 bits per heavy atom. The van der Waals surface area contributed by atoms with Crippen molar-refractivity contribution in [3.05, 3.63) is 59.9 Å². The first-order valence-electron chi connectivity index (χ1n) is 8.61. The Bertz CT molecular complexity index is 694. The second-order valence-electron chi connectivity index (χ2n) is 6.23. The van der Waals surface area contributed by atoms with Gasteiger partial charge in [-0.15, -0.1) is 0 Å². The van der Waals surface area contributed by atoms with Gasteiger partial charge in [-0.3, -0.25) is 4.79 Å². The predicted octanol–water partition coefficient (Wildman–Crippen LogP) is 4.39. The highest BCUT2D eigenvalue weighted by molar-refractivity contribution is 5.95. The van der Waals surface area contributed by atoms with Crippen LogP contribution in [-0.4, -0.2) is 19.0 Å². The van der Waals surface area contributed by atoms with Crippen molar-refractivity contribution in [1.29, 1.82) is 0 Å². The molecule has 0 radical (unpaired) electrons. The second kappa shape index (κ2) is 7.95. The first kappa shape index (κ1) is 16.5. The highest BCUT2D eigenvalue weighted by atomic mass is 19.1. The summed E-state index contributed by atoms with van der Waals surface area (Å²) in [5.74, 6) is -0.532. The molecule has 0 aromatic heterocycles. The van der Waals surface area contributed by atoms with Gasteiger partial charge in [0, 0.05) is 13.1 Å². The van der Waals surface area contributed by atoms with Crippen LogP contribution < -0.4 is 10.2 Å². The van der Waals surface area contributed by atoms with E-state index in [1.54, 1.807) is 18.2 Å². The Kier molecular flexibility index (Phi) is 5.47. The molecule has 1 heterocycles. The number of benzene rings is 2. The van der Waals surface area contributed by atoms with Gasteiger partial charge < -0.3 is 10.2 Å². The minimum absolute atomic E-state index is 0.0427. The average molecular weight is 326 g/mol. The van der Waals surface area contributed by atoms with E-state index < -0.39 is 0 Å². The van der Waals surface area contributed by atoms with E-state index >= 15 is 0 Å². The third-order valence-corrected chi connectivity index (χ3v) is 4.43. The Morgan fingerprint density at radius 2 is 1.62 bits per heavy atom. The lowest BCUT2D eigenvalue weighted by Crippen LogP contribution is -2.26. The topological polar surface area (TPSA) is 32.3 Å². The van der Waals surface area contributed by atoms with Gasteiger partial charge in [0.25, 0.3) is 0 Å². The monoisotopic (exact) mass is 326 g/mol. The zero-order valence-corrected chi connectivity index (χ0v) is 13.8. The van der Waals surface area contributed by atoms with Crippen LogP contribution in [0, 0.1) is 5.82 Å². The number of rotatable bonds is 4. The van der Waals surface area contributed by atoms with Crippen molar-refractivity contribution in [3.63, 3.8) is 0 Å². The molecule has 126 valence electrons. The molecule has 0 saturated carbocycles. The summed E-state index contributed by atoms with van der Waals surface area (Å²) in [6, 6.07) is 14.3. The molecule has 3 rings (SSSR count). The Hall–Kier alpha value is -2.36. The smallest absolute Gasteiger partial charge is 0.228 e. The molecule has 0 bridgehead atoms. The normalized spacial score (nSPS) is 15.0. The molecular formula is C20H23FN2O. The average Bonchev–Trinajstić information content (AvgIpc) is 2.87. The zero-order chi connectivity index (χ0) is 16.8. The zero-order valence-electron chi connectivity index (χ0n) is 13.8. The SMILES string of the molecule is O=C(Cc1ccccc1F)Nc1ccccc1N1CCCCCC1. The van der Waals surface area contributed by atoms with Crippen LogP contribution in [0.25, 0.3) is 0 Å². The number of carbonyl (C=O) groups excluding carboxylic acids is 1. The lowest BCUT2D eigenvalue weighted by Gasteiger charge is -2.25. The number of nitrogens with one attached hydrogen (secondary N) is 1. The summed E-state index contributed by atoms with van der Waals surface area (Å²) in [4.78, 5) is 14.7. The maximum absolute atomic E-state index is 13.7. The number of carbonyl (C=O) groups is 1. The van der Waals surface area contributed by atoms with Crippen molar-refractivity contribution >= 4 is 17.3 Å². The van der Waals surface area contributed by atoms with E-state index in [-0.39, 0.29) is 18.1 Å². The van der Waals surface area contributed by atoms with Crippen molar-refractivity contribution < 1.29 is 9.18 Å². The molecule has 1 aliphatic heterocycles. The molecule has 1 N–H and O–H groups in total. The molecule has 0 spiro atoms. The largest absolute Gasteiger partial charge is 0.370 e. The molecule has 1 amide bonds. The summed E-state index contributed by atoms with van der Waals surface area (Å²) < 4.78 is 13.7. The Morgan fingerprint density at radius 1 is 0.958 bits per heavy atom. The fourth-order valence-corrected chi connectivity index (χ4v) is 3.18. The van der Waals surface area contributed by atoms with Gasteiger partial charge >= 0.3 is 0 Å². The van der Waals surface area contributed by atoms with Gasteiger partial charge in [-0.1, -0.05) is 43.2 Å². The molecule has 1 saturated heterocycles. The minimum atomic E-state index is -0.339. The molecule has 24 heavy (non-hydrogen) atoms. The van der Waals surface area contributed by atoms with Gasteiger partial charge in [-0.25, -0.2) is 4.39 Å². The summed E-state index contributed by atoms with van der Waals surface area (Å²) in [6.07, 6.45) is 4.92. The van der Waals surface area contributed by atoms with Gasteiger partial charge in [0.05, 0.1) is 17.8 Å². The predicted molar refractivity (Wildman–Crippen MR) is 95.9 cm³/mol. The maximum atomic E-state index is 13.7. The fourth-order valence-electron chi connectivity index (χ4n) is 3.18. The number of anilines is 2. The van der Waals surface area contributed by atoms with E-state index in [0.29, 0.717) is 5.56 Å². The van der Waals surface area contributed by atoms with Gasteiger partial charge in [0.15, 0.2) is 0 Å². The van der Waals surface area contributed by atoms with E-state index in [1.165, 1.54) is 31.7 Å². The van der Waals surface area contributed by atoms with E-state index in [2.05, 4.69) is 10.2 Å². The Labute approximate surface area is 142 Å². The number of nitrogens with zero attached hydrogens (tertiary/aromatic N) is 1. The van der Waals surface area contributed by atoms with Crippen LogP contribution in [0.4, 0.5) is 15.8 Å². The highest BCUT2D eigenvalue weighted by Crippen LogP contribution is 2.28. The Balaban J connectivity index is 1.73. The van der Waals surface area contributed by atoms with Crippen LogP contribution in [0.15, 0.2) is 48.5 Å². The molecule has 0 unspecified atom stereocenters. The third-order valence-electron chi connectivity index (χ3n) is 4.43. The lowest BCUT2D eigenvalue weighted by molar-refractivity contribution is -0.115. The molecule has 1 fully saturated rings. The number of hydrogen-bond donors (Lipinski definition) is 1. The molecular weight excluding hydrogens is 303 g/mol. The van der Waals surface area contributed by atoms with Gasteiger partial charge in [0.1, 0.15) is 5.82 Å². The minimum Gasteiger partial charge on any atom is -0.370 e. The number of amides is 1. The first-order chi connectivity index (χ1) is 11.7. The van der Waals surface area contributed by atoms with Crippen molar-refractivity contribution in [1.82, 2.24) is 0 Å². The molecule has 0 aliphatic carbocycles. The van der Waals surface area contributed by atoms with Crippen molar-refractivity contribution in [2.24, 2.45) is 0 Å². The van der Waals surface area contributed by atoms with Crippen LogP contribution in [0.2, 0.25) is 0 Å². The molecule has 1 aliphatic rings. The summed E-state index contributed by atoms with van der Waals surface area (Å²) in [5.41, 5.74) is 2.28. The second-order valence-corrected chi connectivity index (χ2v) is 6.23. The van der Waals surface area contributed by atoms with Crippen LogP contribution in [-0.2, 0) is 11.2 Å². The van der Waals surface area contributed by atoms with E-state index in [9.17, 15) is 9.18 Å². The standard InChI is InChI=1S/C20H23FN2O/c21-17-10-4-3-9-16(17)15-20(24)22-18-11-5-6-12-19(18)23-13-7-1-2-8-14-23/h3-6,9-12H,1-2,7-8,13-15H2,(H,22,24). The quantitative estimate of drug-likeness (QED) is 0.904. The molecule has 4 heteroatoms. The van der Waals surface area contributed by atoms with Crippen LogP contribution >= 0.6 is 0 Å². The molecule has 3 nitrogen and oxygen atoms in total. The van der Waals surface area contributed by atoms with Gasteiger partial charge in [-0.05, 0) is 36.6 Å². The number of halogens is 1. The highest BCUT2D eigenvalue weighted by Gasteiger charge is 2.15. The van der Waals surface area contributed by atoms with Gasteiger partial charge in [0.2, 0.25) is 5.91 Å². The fraction of sp³-hybridized carbons (Fsp3) is 0.350. The molecule has 2 aromatic rings. The van der Waals surface area contributed by atoms with Crippen LogP contribution in [0.5, 0.6) is 0 Å². The number of para-hydroxylation sites is 2. The summed E-state index contributed by atoms with van der Waals surface area (Å²) in [7, 11) is 0. The molecule has 0 atom stereocenters. The summed E-state index contributed by atoms with van der Waals surface area (Å²) >= 11 is 0. The van der Waals surface area contributed by atoms with Crippen LogP contribution in [0.1, 0.15) is 31.2 Å².